The number of nitrogens with zero attached hydrogens (tertiary/aromatic N) is 1. The molecule has 202 valence electrons. The molecule has 3 amide bonds. The molecule has 4 N–H and O–H groups in total. The molecule has 0 bridgehead atoms. The van der Waals surface area contributed by atoms with Gasteiger partial charge in [0.15, 0.2) is 0 Å². The maximum absolute atomic E-state index is 13.3. The van der Waals surface area contributed by atoms with Crippen molar-refractivity contribution >= 4 is 23.7 Å². The Hall–Kier alpha value is -2.07. The molecule has 0 radical (unpaired) electrons. The molecule has 0 spiro atoms. The number of piperidine rings is 1. The molecule has 0 aromatic heterocycles. The van der Waals surface area contributed by atoms with Gasteiger partial charge in [0.05, 0.1) is 12.7 Å². The average molecular weight is 525 g/mol. The first-order valence-electron chi connectivity index (χ1n) is 13.1. The van der Waals surface area contributed by atoms with Crippen LogP contribution in [0.25, 0.3) is 0 Å². The first-order valence-corrected chi connectivity index (χ1v) is 13.5. The second kappa shape index (κ2) is 15.2. The summed E-state index contributed by atoms with van der Waals surface area (Å²) in [5.74, 6) is 0.634. The molecule has 1 aromatic carbocycles. The van der Waals surface area contributed by atoms with Crippen LogP contribution in [0.4, 0.5) is 9.59 Å². The number of rotatable bonds is 11. The molecule has 2 aliphatic heterocycles. The van der Waals surface area contributed by atoms with Crippen LogP contribution >= 0.6 is 11.6 Å². The van der Waals surface area contributed by atoms with Gasteiger partial charge in [-0.3, -0.25) is 0 Å². The predicted octanol–water partition coefficient (Wildman–Crippen LogP) is 3.88. The van der Waals surface area contributed by atoms with Gasteiger partial charge in [-0.2, -0.15) is 0 Å². The maximum atomic E-state index is 13.3. The third-order valence-electron chi connectivity index (χ3n) is 6.99. The van der Waals surface area contributed by atoms with Crippen LogP contribution < -0.4 is 16.0 Å². The molecule has 2 aliphatic rings. The van der Waals surface area contributed by atoms with Gasteiger partial charge >= 0.3 is 12.1 Å². The molecule has 3 rings (SSSR count). The maximum Gasteiger partial charge on any atom is 0.404 e. The van der Waals surface area contributed by atoms with E-state index < -0.39 is 6.09 Å². The van der Waals surface area contributed by atoms with Crippen LogP contribution in [0.3, 0.4) is 0 Å². The standard InChI is InChI=1S/C26H41ClN4O5/c1-28-17-23(15-19-5-4-12-35-13-9-19)30-25(32)31-11-3-7-21(18-31)24(36-14-10-29-26(33)34)20-6-2-8-22(27)16-20/h2,6,8,16,19,21,23-24,28-29H,3-5,7,9-15,17-18H2,1H3,(H,30,32)(H,33,34)/t19-,21+,23-,24-/m0/s1. The van der Waals surface area contributed by atoms with E-state index in [2.05, 4.69) is 16.0 Å². The summed E-state index contributed by atoms with van der Waals surface area (Å²) >= 11 is 6.25. The van der Waals surface area contributed by atoms with E-state index in [1.165, 1.54) is 0 Å². The zero-order valence-corrected chi connectivity index (χ0v) is 22.0. The number of carbonyl (C=O) groups excluding carboxylic acids is 1. The number of likely N-dealkylation sites (N-methyl/N-ethyl adjacent to an activating group) is 1. The lowest BCUT2D eigenvalue weighted by atomic mass is 9.88. The van der Waals surface area contributed by atoms with Crippen molar-refractivity contribution in [3.63, 3.8) is 0 Å². The summed E-state index contributed by atoms with van der Waals surface area (Å²) in [4.78, 5) is 26.0. The number of urea groups is 1. The zero-order valence-electron chi connectivity index (χ0n) is 21.2. The highest BCUT2D eigenvalue weighted by Gasteiger charge is 2.32. The van der Waals surface area contributed by atoms with Crippen LogP contribution in [0, 0.1) is 11.8 Å². The summed E-state index contributed by atoms with van der Waals surface area (Å²) in [5, 5.41) is 18.3. The molecule has 9 nitrogen and oxygen atoms in total. The van der Waals surface area contributed by atoms with Crippen LogP contribution in [0.15, 0.2) is 24.3 Å². The molecule has 10 heteroatoms. The highest BCUT2D eigenvalue weighted by molar-refractivity contribution is 6.30. The molecule has 0 saturated carbocycles. The van der Waals surface area contributed by atoms with Crippen molar-refractivity contribution < 1.29 is 24.2 Å². The molecule has 36 heavy (non-hydrogen) atoms. The van der Waals surface area contributed by atoms with Crippen LogP contribution in [0.2, 0.25) is 5.02 Å². The summed E-state index contributed by atoms with van der Waals surface area (Å²) < 4.78 is 11.8. The van der Waals surface area contributed by atoms with Crippen LogP contribution in [-0.4, -0.2) is 81.2 Å². The third-order valence-corrected chi connectivity index (χ3v) is 7.23. The lowest BCUT2D eigenvalue weighted by molar-refractivity contribution is -0.00850. The van der Waals surface area contributed by atoms with Crippen molar-refractivity contribution in [3.8, 4) is 0 Å². The highest BCUT2D eigenvalue weighted by atomic mass is 35.5. The van der Waals surface area contributed by atoms with E-state index in [4.69, 9.17) is 26.2 Å². The number of benzene rings is 1. The lowest BCUT2D eigenvalue weighted by Gasteiger charge is -2.38. The van der Waals surface area contributed by atoms with Gasteiger partial charge in [-0.15, -0.1) is 0 Å². The fraction of sp³-hybridized carbons (Fsp3) is 0.692. The van der Waals surface area contributed by atoms with Crippen molar-refractivity contribution in [1.82, 2.24) is 20.9 Å². The summed E-state index contributed by atoms with van der Waals surface area (Å²) in [5.41, 5.74) is 0.939. The molecular weight excluding hydrogens is 484 g/mol. The van der Waals surface area contributed by atoms with E-state index in [1.54, 1.807) is 0 Å². The SMILES string of the molecule is CNC[C@H](C[C@H]1CCCOCC1)NC(=O)N1CCC[C@@H]([C@@H](OCCNC(=O)O)c2cccc(Cl)c2)C1. The number of likely N-dealkylation sites (tertiary alicyclic amines) is 1. The minimum Gasteiger partial charge on any atom is -0.465 e. The van der Waals surface area contributed by atoms with Crippen LogP contribution in [-0.2, 0) is 9.47 Å². The first kappa shape index (κ1) is 28.5. The molecule has 2 fully saturated rings. The van der Waals surface area contributed by atoms with Gasteiger partial charge in [0.25, 0.3) is 0 Å². The van der Waals surface area contributed by atoms with Gasteiger partial charge in [-0.25, -0.2) is 9.59 Å². The highest BCUT2D eigenvalue weighted by Crippen LogP contribution is 2.34. The topological polar surface area (TPSA) is 112 Å². The van der Waals surface area contributed by atoms with Crippen molar-refractivity contribution in [1.29, 1.82) is 0 Å². The van der Waals surface area contributed by atoms with Gasteiger partial charge in [0.1, 0.15) is 0 Å². The van der Waals surface area contributed by atoms with Crippen molar-refractivity contribution in [2.45, 2.75) is 50.7 Å². The molecule has 1 aromatic rings. The second-order valence-electron chi connectivity index (χ2n) is 9.78. The predicted molar refractivity (Wildman–Crippen MR) is 139 cm³/mol. The molecule has 4 atom stereocenters. The number of hydrogen-bond acceptors (Lipinski definition) is 5. The largest absolute Gasteiger partial charge is 0.465 e. The Morgan fingerprint density at radius 1 is 1.25 bits per heavy atom. The Morgan fingerprint density at radius 3 is 2.89 bits per heavy atom. The first-order chi connectivity index (χ1) is 17.5. The summed E-state index contributed by atoms with van der Waals surface area (Å²) in [6, 6.07) is 7.58. The Kier molecular flexibility index (Phi) is 12.1. The van der Waals surface area contributed by atoms with Crippen molar-refractivity contribution in [2.24, 2.45) is 11.8 Å². The van der Waals surface area contributed by atoms with Crippen molar-refractivity contribution in [2.75, 3.05) is 53.0 Å². The number of carboxylic acid groups (broad SMARTS) is 1. The Morgan fingerprint density at radius 2 is 2.11 bits per heavy atom. The monoisotopic (exact) mass is 524 g/mol. The van der Waals surface area contributed by atoms with Gasteiger partial charge < -0.3 is 35.4 Å². The Balaban J connectivity index is 1.62. The van der Waals surface area contributed by atoms with E-state index in [0.29, 0.717) is 24.0 Å². The molecular formula is C26H41ClN4O5. The van der Waals surface area contributed by atoms with Crippen LogP contribution in [0.1, 0.15) is 50.2 Å². The molecule has 2 heterocycles. The number of halogens is 1. The molecule has 0 aliphatic carbocycles. The zero-order chi connectivity index (χ0) is 25.8. The average Bonchev–Trinajstić information content (AvgIpc) is 3.13. The minimum absolute atomic E-state index is 0.0396. The van der Waals surface area contributed by atoms with E-state index in [-0.39, 0.29) is 37.2 Å². The summed E-state index contributed by atoms with van der Waals surface area (Å²) in [6.07, 6.45) is 4.62. The summed E-state index contributed by atoms with van der Waals surface area (Å²) in [6.45, 7) is 4.06. The number of carbonyl (C=O) groups is 2. The normalized spacial score (nSPS) is 22.3. The van der Waals surface area contributed by atoms with E-state index in [9.17, 15) is 9.59 Å². The van der Waals surface area contributed by atoms with E-state index in [0.717, 1.165) is 63.8 Å². The number of amides is 3. The van der Waals surface area contributed by atoms with Gasteiger partial charge in [-0.1, -0.05) is 23.7 Å². The Labute approximate surface area is 219 Å². The van der Waals surface area contributed by atoms with Gasteiger partial charge in [-0.05, 0) is 69.2 Å². The molecule has 2 saturated heterocycles. The minimum atomic E-state index is -1.08. The third kappa shape index (κ3) is 9.42. The molecule has 0 unspecified atom stereocenters. The second-order valence-corrected chi connectivity index (χ2v) is 10.2. The number of nitrogens with one attached hydrogen (secondary N) is 3. The van der Waals surface area contributed by atoms with Crippen molar-refractivity contribution in [3.05, 3.63) is 34.9 Å². The quantitative estimate of drug-likeness (QED) is 0.327. The fourth-order valence-electron chi connectivity index (χ4n) is 5.29. The smallest absolute Gasteiger partial charge is 0.404 e. The number of ether oxygens (including phenoxy) is 2. The van der Waals surface area contributed by atoms with Gasteiger partial charge in [0, 0.05) is 56.4 Å². The lowest BCUT2D eigenvalue weighted by Crippen LogP contribution is -2.52. The van der Waals surface area contributed by atoms with E-state index in [1.807, 2.05) is 36.2 Å². The fourth-order valence-corrected chi connectivity index (χ4v) is 5.49. The number of hydrogen-bond donors (Lipinski definition) is 4. The Bertz CT molecular complexity index is 821. The van der Waals surface area contributed by atoms with Crippen LogP contribution in [0.5, 0.6) is 0 Å². The van der Waals surface area contributed by atoms with E-state index >= 15 is 0 Å². The summed E-state index contributed by atoms with van der Waals surface area (Å²) in [7, 11) is 1.92. The van der Waals surface area contributed by atoms with Gasteiger partial charge in [0.2, 0.25) is 0 Å².